The molecule has 32 heavy (non-hydrogen) atoms. The number of hydrogen-bond acceptors (Lipinski definition) is 4. The molecule has 1 N–H and O–H groups in total. The Labute approximate surface area is 194 Å². The SMILES string of the molecule is O=C(Nc1ccc(-c2cc3c(o2)CCN(C(=O)c2ccccc2Cl)C3)cc1)c1cccs1. The number of fused-ring (bicyclic) bond motifs is 1. The molecule has 2 aromatic heterocycles. The number of nitrogens with one attached hydrogen (secondary N) is 1. The molecular weight excluding hydrogens is 444 g/mol. The monoisotopic (exact) mass is 462 g/mol. The van der Waals surface area contributed by atoms with E-state index >= 15 is 0 Å². The third-order valence-electron chi connectivity index (χ3n) is 5.43. The van der Waals surface area contributed by atoms with Gasteiger partial charge in [-0.05, 0) is 53.9 Å². The van der Waals surface area contributed by atoms with Crippen molar-refractivity contribution in [3.05, 3.63) is 98.9 Å². The van der Waals surface area contributed by atoms with Gasteiger partial charge in [-0.3, -0.25) is 9.59 Å². The van der Waals surface area contributed by atoms with Crippen LogP contribution in [0.25, 0.3) is 11.3 Å². The predicted molar refractivity (Wildman–Crippen MR) is 126 cm³/mol. The van der Waals surface area contributed by atoms with Crippen LogP contribution in [0, 0.1) is 0 Å². The summed E-state index contributed by atoms with van der Waals surface area (Å²) in [5.74, 6) is 1.45. The number of carbonyl (C=O) groups is 2. The van der Waals surface area contributed by atoms with Crippen molar-refractivity contribution in [1.82, 2.24) is 4.90 Å². The highest BCUT2D eigenvalue weighted by Gasteiger charge is 2.26. The van der Waals surface area contributed by atoms with Crippen LogP contribution >= 0.6 is 22.9 Å². The van der Waals surface area contributed by atoms with Gasteiger partial charge in [-0.1, -0.05) is 29.8 Å². The third-order valence-corrected chi connectivity index (χ3v) is 6.63. The van der Waals surface area contributed by atoms with E-state index in [2.05, 4.69) is 5.32 Å². The molecule has 2 amide bonds. The van der Waals surface area contributed by atoms with E-state index in [0.717, 1.165) is 28.3 Å². The number of amides is 2. The van der Waals surface area contributed by atoms with Gasteiger partial charge in [-0.15, -0.1) is 11.3 Å². The van der Waals surface area contributed by atoms with Crippen molar-refractivity contribution < 1.29 is 14.0 Å². The molecule has 0 saturated carbocycles. The van der Waals surface area contributed by atoms with E-state index in [1.165, 1.54) is 11.3 Å². The van der Waals surface area contributed by atoms with Crippen LogP contribution in [0.3, 0.4) is 0 Å². The molecule has 3 heterocycles. The van der Waals surface area contributed by atoms with Crippen molar-refractivity contribution >= 4 is 40.4 Å². The van der Waals surface area contributed by atoms with Gasteiger partial charge in [0.15, 0.2) is 0 Å². The number of hydrogen-bond donors (Lipinski definition) is 1. The summed E-state index contributed by atoms with van der Waals surface area (Å²) in [7, 11) is 0. The zero-order chi connectivity index (χ0) is 22.1. The number of benzene rings is 2. The van der Waals surface area contributed by atoms with Crippen molar-refractivity contribution in [2.75, 3.05) is 11.9 Å². The van der Waals surface area contributed by atoms with E-state index in [0.29, 0.717) is 35.0 Å². The third kappa shape index (κ3) is 4.07. The second kappa shape index (κ2) is 8.65. The molecule has 0 unspecified atom stereocenters. The lowest BCUT2D eigenvalue weighted by molar-refractivity contribution is 0.0730. The number of rotatable bonds is 4. The van der Waals surface area contributed by atoms with Gasteiger partial charge >= 0.3 is 0 Å². The summed E-state index contributed by atoms with van der Waals surface area (Å²) in [4.78, 5) is 27.6. The molecule has 160 valence electrons. The molecule has 0 spiro atoms. The highest BCUT2D eigenvalue weighted by molar-refractivity contribution is 7.12. The number of furan rings is 1. The van der Waals surface area contributed by atoms with Gasteiger partial charge in [0.25, 0.3) is 11.8 Å². The minimum atomic E-state index is -0.121. The highest BCUT2D eigenvalue weighted by atomic mass is 35.5. The lowest BCUT2D eigenvalue weighted by Gasteiger charge is -2.26. The largest absolute Gasteiger partial charge is 0.461 e. The summed E-state index contributed by atoms with van der Waals surface area (Å²) in [5.41, 5.74) is 3.15. The molecule has 2 aromatic carbocycles. The Morgan fingerprint density at radius 2 is 1.84 bits per heavy atom. The van der Waals surface area contributed by atoms with Crippen molar-refractivity contribution in [3.8, 4) is 11.3 Å². The first-order valence-corrected chi connectivity index (χ1v) is 11.4. The number of thiophene rings is 1. The summed E-state index contributed by atoms with van der Waals surface area (Å²) in [6.45, 7) is 1.07. The second-order valence-corrected chi connectivity index (χ2v) is 8.88. The van der Waals surface area contributed by atoms with Crippen LogP contribution in [0.1, 0.15) is 31.4 Å². The zero-order valence-corrected chi connectivity index (χ0v) is 18.6. The summed E-state index contributed by atoms with van der Waals surface area (Å²) in [5, 5.41) is 5.23. The Morgan fingerprint density at radius 1 is 1.03 bits per heavy atom. The standard InChI is InChI=1S/C25H19ClN2O3S/c26-20-5-2-1-4-19(20)25(30)28-12-11-21-17(15-28)14-22(31-21)16-7-9-18(10-8-16)27-24(29)23-6-3-13-32-23/h1-10,13-14H,11-12,15H2,(H,27,29). The maximum atomic E-state index is 12.9. The number of halogens is 1. The summed E-state index contributed by atoms with van der Waals surface area (Å²) < 4.78 is 6.08. The van der Waals surface area contributed by atoms with Crippen molar-refractivity contribution in [1.29, 1.82) is 0 Å². The minimum Gasteiger partial charge on any atom is -0.461 e. The van der Waals surface area contributed by atoms with Crippen LogP contribution < -0.4 is 5.32 Å². The van der Waals surface area contributed by atoms with Gasteiger partial charge in [0.2, 0.25) is 0 Å². The van der Waals surface area contributed by atoms with Crippen LogP contribution in [0.2, 0.25) is 5.02 Å². The van der Waals surface area contributed by atoms with Crippen LogP contribution in [0.5, 0.6) is 0 Å². The van der Waals surface area contributed by atoms with Crippen LogP contribution in [-0.2, 0) is 13.0 Å². The lowest BCUT2D eigenvalue weighted by atomic mass is 10.1. The molecule has 0 fully saturated rings. The molecule has 0 atom stereocenters. The van der Waals surface area contributed by atoms with Crippen LogP contribution in [0.4, 0.5) is 5.69 Å². The van der Waals surface area contributed by atoms with Crippen molar-refractivity contribution in [2.24, 2.45) is 0 Å². The predicted octanol–water partition coefficient (Wildman–Crippen LogP) is 6.11. The highest BCUT2D eigenvalue weighted by Crippen LogP contribution is 2.31. The Hall–Kier alpha value is -3.35. The minimum absolute atomic E-state index is 0.0742. The molecule has 0 aliphatic carbocycles. The summed E-state index contributed by atoms with van der Waals surface area (Å²) in [6.07, 6.45) is 0.653. The first-order valence-electron chi connectivity index (χ1n) is 10.2. The van der Waals surface area contributed by atoms with Crippen LogP contribution in [0.15, 0.2) is 76.5 Å². The maximum absolute atomic E-state index is 12.9. The maximum Gasteiger partial charge on any atom is 0.265 e. The first kappa shape index (κ1) is 20.5. The molecular formula is C25H19ClN2O3S. The average molecular weight is 463 g/mol. The zero-order valence-electron chi connectivity index (χ0n) is 17.0. The lowest BCUT2D eigenvalue weighted by Crippen LogP contribution is -2.35. The Bertz CT molecular complexity index is 1280. The normalized spacial score (nSPS) is 13.0. The van der Waals surface area contributed by atoms with Crippen molar-refractivity contribution in [3.63, 3.8) is 0 Å². The Balaban J connectivity index is 1.30. The Morgan fingerprint density at radius 3 is 2.59 bits per heavy atom. The molecule has 5 rings (SSSR count). The average Bonchev–Trinajstić information content (AvgIpc) is 3.49. The molecule has 4 aromatic rings. The van der Waals surface area contributed by atoms with Gasteiger partial charge in [0.05, 0.1) is 15.5 Å². The van der Waals surface area contributed by atoms with Gasteiger partial charge in [0.1, 0.15) is 11.5 Å². The molecule has 1 aliphatic rings. The van der Waals surface area contributed by atoms with Crippen LogP contribution in [-0.4, -0.2) is 23.3 Å². The van der Waals surface area contributed by atoms with E-state index < -0.39 is 0 Å². The molecule has 1 aliphatic heterocycles. The fourth-order valence-corrected chi connectivity index (χ4v) is 4.61. The van der Waals surface area contributed by atoms with Gasteiger partial charge < -0.3 is 14.6 Å². The first-order chi connectivity index (χ1) is 15.6. The molecule has 0 radical (unpaired) electrons. The summed E-state index contributed by atoms with van der Waals surface area (Å²) >= 11 is 7.61. The quantitative estimate of drug-likeness (QED) is 0.398. The van der Waals surface area contributed by atoms with E-state index in [4.69, 9.17) is 16.0 Å². The fraction of sp³-hybridized carbons (Fsp3) is 0.120. The summed E-state index contributed by atoms with van der Waals surface area (Å²) in [6, 6.07) is 20.3. The molecule has 5 nitrogen and oxygen atoms in total. The fourth-order valence-electron chi connectivity index (χ4n) is 3.77. The molecule has 7 heteroatoms. The second-order valence-electron chi connectivity index (χ2n) is 7.52. The van der Waals surface area contributed by atoms with Gasteiger partial charge in [-0.2, -0.15) is 0 Å². The van der Waals surface area contributed by atoms with Gasteiger partial charge in [-0.25, -0.2) is 0 Å². The number of nitrogens with zero attached hydrogens (tertiary/aromatic N) is 1. The smallest absolute Gasteiger partial charge is 0.265 e. The Kier molecular flexibility index (Phi) is 5.55. The number of anilines is 1. The van der Waals surface area contributed by atoms with E-state index in [-0.39, 0.29) is 11.8 Å². The topological polar surface area (TPSA) is 62.6 Å². The van der Waals surface area contributed by atoms with E-state index in [1.807, 2.05) is 53.9 Å². The van der Waals surface area contributed by atoms with E-state index in [1.54, 1.807) is 23.1 Å². The number of carbonyl (C=O) groups excluding carboxylic acids is 2. The van der Waals surface area contributed by atoms with Gasteiger partial charge in [0, 0.05) is 36.3 Å². The molecule has 0 saturated heterocycles. The van der Waals surface area contributed by atoms with Crippen molar-refractivity contribution in [2.45, 2.75) is 13.0 Å². The molecule has 0 bridgehead atoms. The van der Waals surface area contributed by atoms with E-state index in [9.17, 15) is 9.59 Å².